The monoisotopic (exact) mass is 404 g/mol. The van der Waals surface area contributed by atoms with Gasteiger partial charge in [0.25, 0.3) is 5.91 Å². The highest BCUT2D eigenvalue weighted by Crippen LogP contribution is 2.23. The standard InChI is InChI=1S/C20H24N2O5S/c1-28(25,26)19-9-5-4-8-18(19)27-14-20(24)21-10-17(23)13-22-11-15-6-2-3-7-16(15)12-22/h2-9,17,23H,10-14H2,1H3,(H,21,24). The van der Waals surface area contributed by atoms with Gasteiger partial charge in [0, 0.05) is 32.4 Å². The molecule has 150 valence electrons. The first-order valence-corrected chi connectivity index (χ1v) is 10.9. The van der Waals surface area contributed by atoms with Crippen LogP contribution >= 0.6 is 0 Å². The van der Waals surface area contributed by atoms with E-state index in [2.05, 4.69) is 22.3 Å². The molecule has 0 saturated carbocycles. The van der Waals surface area contributed by atoms with Gasteiger partial charge in [0.2, 0.25) is 0 Å². The average molecular weight is 404 g/mol. The molecule has 0 spiro atoms. The number of aliphatic hydroxyl groups excluding tert-OH is 1. The third-order valence-electron chi connectivity index (χ3n) is 4.52. The summed E-state index contributed by atoms with van der Waals surface area (Å²) >= 11 is 0. The number of rotatable bonds is 8. The number of β-amino-alcohol motifs (C(OH)–C–C–N with tert-alkyl or cyclic N) is 1. The van der Waals surface area contributed by atoms with Gasteiger partial charge in [0.15, 0.2) is 16.4 Å². The largest absolute Gasteiger partial charge is 0.482 e. The number of carbonyl (C=O) groups is 1. The predicted octanol–water partition coefficient (Wildman–Crippen LogP) is 0.962. The van der Waals surface area contributed by atoms with Gasteiger partial charge in [-0.3, -0.25) is 9.69 Å². The fourth-order valence-corrected chi connectivity index (χ4v) is 4.02. The molecule has 1 aliphatic rings. The molecule has 0 bridgehead atoms. The minimum atomic E-state index is -3.45. The first kappa shape index (κ1) is 20.3. The molecule has 1 aliphatic heterocycles. The Balaban J connectivity index is 1.43. The maximum atomic E-state index is 12.0. The molecule has 1 amide bonds. The van der Waals surface area contributed by atoms with Crippen LogP contribution in [-0.4, -0.2) is 56.4 Å². The molecule has 28 heavy (non-hydrogen) atoms. The molecule has 8 heteroatoms. The number of amides is 1. The second-order valence-corrected chi connectivity index (χ2v) is 8.89. The number of para-hydroxylation sites is 1. The average Bonchev–Trinajstić information content (AvgIpc) is 3.06. The molecule has 3 rings (SSSR count). The Morgan fingerprint density at radius 3 is 2.39 bits per heavy atom. The summed E-state index contributed by atoms with van der Waals surface area (Å²) in [5, 5.41) is 12.8. The first-order chi connectivity index (χ1) is 13.3. The summed E-state index contributed by atoms with van der Waals surface area (Å²) in [4.78, 5) is 14.2. The molecule has 0 radical (unpaired) electrons. The summed E-state index contributed by atoms with van der Waals surface area (Å²) in [5.41, 5.74) is 2.52. The second kappa shape index (κ2) is 8.72. The van der Waals surface area contributed by atoms with Crippen LogP contribution in [0.4, 0.5) is 0 Å². The number of sulfone groups is 1. The SMILES string of the molecule is CS(=O)(=O)c1ccccc1OCC(=O)NCC(O)CN1Cc2ccccc2C1. The van der Waals surface area contributed by atoms with Crippen molar-refractivity contribution in [1.29, 1.82) is 0 Å². The van der Waals surface area contributed by atoms with E-state index in [0.29, 0.717) is 6.54 Å². The number of carbonyl (C=O) groups excluding carboxylic acids is 1. The molecule has 0 fully saturated rings. The lowest BCUT2D eigenvalue weighted by Gasteiger charge is -2.19. The molecule has 1 heterocycles. The number of fused-ring (bicyclic) bond motifs is 1. The molecular weight excluding hydrogens is 380 g/mol. The number of benzene rings is 2. The van der Waals surface area contributed by atoms with E-state index in [4.69, 9.17) is 4.74 Å². The summed E-state index contributed by atoms with van der Waals surface area (Å²) in [7, 11) is -3.45. The third kappa shape index (κ3) is 5.31. The van der Waals surface area contributed by atoms with E-state index in [1.54, 1.807) is 12.1 Å². The number of nitrogens with one attached hydrogen (secondary N) is 1. The highest BCUT2D eigenvalue weighted by Gasteiger charge is 2.21. The molecule has 7 nitrogen and oxygen atoms in total. The van der Waals surface area contributed by atoms with Crippen molar-refractivity contribution in [2.24, 2.45) is 0 Å². The minimum absolute atomic E-state index is 0.0384. The Morgan fingerprint density at radius 1 is 1.14 bits per heavy atom. The Bertz CT molecular complexity index is 920. The van der Waals surface area contributed by atoms with Gasteiger partial charge in [-0.2, -0.15) is 0 Å². The molecule has 1 unspecified atom stereocenters. The van der Waals surface area contributed by atoms with Gasteiger partial charge >= 0.3 is 0 Å². The van der Waals surface area contributed by atoms with Gasteiger partial charge < -0.3 is 15.2 Å². The summed E-state index contributed by atoms with van der Waals surface area (Å²) in [6.45, 7) is 1.79. The van der Waals surface area contributed by atoms with E-state index < -0.39 is 21.8 Å². The zero-order valence-corrected chi connectivity index (χ0v) is 16.5. The van der Waals surface area contributed by atoms with Gasteiger partial charge in [0.05, 0.1) is 6.10 Å². The summed E-state index contributed by atoms with van der Waals surface area (Å²) < 4.78 is 28.8. The Kier molecular flexibility index (Phi) is 6.33. The maximum absolute atomic E-state index is 12.0. The number of hydrogen-bond donors (Lipinski definition) is 2. The fourth-order valence-electron chi connectivity index (χ4n) is 3.20. The quantitative estimate of drug-likeness (QED) is 0.681. The Morgan fingerprint density at radius 2 is 1.75 bits per heavy atom. The summed E-state index contributed by atoms with van der Waals surface area (Å²) in [5.74, 6) is -0.289. The topological polar surface area (TPSA) is 95.9 Å². The summed E-state index contributed by atoms with van der Waals surface area (Å²) in [6, 6.07) is 14.3. The normalized spacial score (nSPS) is 15.1. The van der Waals surface area contributed by atoms with Gasteiger partial charge in [-0.1, -0.05) is 36.4 Å². The molecule has 2 aromatic carbocycles. The van der Waals surface area contributed by atoms with Crippen molar-refractivity contribution in [1.82, 2.24) is 10.2 Å². The maximum Gasteiger partial charge on any atom is 0.258 e. The highest BCUT2D eigenvalue weighted by molar-refractivity contribution is 7.90. The zero-order valence-electron chi connectivity index (χ0n) is 15.7. The lowest BCUT2D eigenvalue weighted by molar-refractivity contribution is -0.123. The third-order valence-corrected chi connectivity index (χ3v) is 5.65. The van der Waals surface area contributed by atoms with Crippen molar-refractivity contribution in [3.05, 3.63) is 59.7 Å². The first-order valence-electron chi connectivity index (χ1n) is 8.98. The lowest BCUT2D eigenvalue weighted by atomic mass is 10.1. The lowest BCUT2D eigenvalue weighted by Crippen LogP contribution is -2.40. The Hall–Kier alpha value is -2.42. The smallest absolute Gasteiger partial charge is 0.258 e. The number of nitrogens with zero attached hydrogens (tertiary/aromatic N) is 1. The van der Waals surface area contributed by atoms with Gasteiger partial charge in [-0.05, 0) is 23.3 Å². The molecule has 0 aliphatic carbocycles. The van der Waals surface area contributed by atoms with Gasteiger partial charge in [0.1, 0.15) is 10.6 Å². The van der Waals surface area contributed by atoms with E-state index in [-0.39, 0.29) is 23.8 Å². The van der Waals surface area contributed by atoms with Crippen molar-refractivity contribution >= 4 is 15.7 Å². The molecular formula is C20H24N2O5S. The number of hydrogen-bond acceptors (Lipinski definition) is 6. The summed E-state index contributed by atoms with van der Waals surface area (Å²) in [6.07, 6.45) is 0.379. The van der Waals surface area contributed by atoms with Crippen LogP contribution < -0.4 is 10.1 Å². The van der Waals surface area contributed by atoms with Crippen LogP contribution in [0.5, 0.6) is 5.75 Å². The highest BCUT2D eigenvalue weighted by atomic mass is 32.2. The molecule has 0 saturated heterocycles. The number of ether oxygens (including phenoxy) is 1. The van der Waals surface area contributed by atoms with E-state index in [1.807, 2.05) is 12.1 Å². The second-order valence-electron chi connectivity index (χ2n) is 6.90. The molecule has 2 N–H and O–H groups in total. The van der Waals surface area contributed by atoms with Crippen molar-refractivity contribution in [3.8, 4) is 5.75 Å². The van der Waals surface area contributed by atoms with Crippen LogP contribution in [0.25, 0.3) is 0 Å². The molecule has 1 atom stereocenters. The van der Waals surface area contributed by atoms with E-state index in [0.717, 1.165) is 19.3 Å². The van der Waals surface area contributed by atoms with Crippen LogP contribution in [0.3, 0.4) is 0 Å². The van der Waals surface area contributed by atoms with Crippen LogP contribution in [0.15, 0.2) is 53.4 Å². The predicted molar refractivity (Wildman–Crippen MR) is 105 cm³/mol. The zero-order chi connectivity index (χ0) is 20.1. The molecule has 2 aromatic rings. The van der Waals surface area contributed by atoms with E-state index in [1.165, 1.54) is 23.3 Å². The van der Waals surface area contributed by atoms with E-state index >= 15 is 0 Å². The van der Waals surface area contributed by atoms with Gasteiger partial charge in [-0.15, -0.1) is 0 Å². The van der Waals surface area contributed by atoms with Crippen LogP contribution in [-0.2, 0) is 27.7 Å². The number of aliphatic hydroxyl groups is 1. The van der Waals surface area contributed by atoms with Crippen molar-refractivity contribution in [2.75, 3.05) is 26.0 Å². The van der Waals surface area contributed by atoms with Crippen LogP contribution in [0.2, 0.25) is 0 Å². The van der Waals surface area contributed by atoms with Gasteiger partial charge in [-0.25, -0.2) is 8.42 Å². The van der Waals surface area contributed by atoms with Crippen molar-refractivity contribution in [2.45, 2.75) is 24.1 Å². The van der Waals surface area contributed by atoms with Crippen LogP contribution in [0.1, 0.15) is 11.1 Å². The van der Waals surface area contributed by atoms with Crippen molar-refractivity contribution in [3.63, 3.8) is 0 Å². The van der Waals surface area contributed by atoms with E-state index in [9.17, 15) is 18.3 Å². The van der Waals surface area contributed by atoms with Crippen molar-refractivity contribution < 1.29 is 23.1 Å². The minimum Gasteiger partial charge on any atom is -0.482 e. The fraction of sp³-hybridized carbons (Fsp3) is 0.350. The van der Waals surface area contributed by atoms with Crippen LogP contribution in [0, 0.1) is 0 Å². The molecule has 0 aromatic heterocycles. The Labute approximate surface area is 164 Å².